The summed E-state index contributed by atoms with van der Waals surface area (Å²) in [4.78, 5) is 0. The van der Waals surface area contributed by atoms with Gasteiger partial charge in [0, 0.05) is 0 Å². The van der Waals surface area contributed by atoms with Crippen molar-refractivity contribution in [2.45, 2.75) is 134 Å². The third-order valence-electron chi connectivity index (χ3n) is 4.81. The van der Waals surface area contributed by atoms with Gasteiger partial charge in [-0.2, -0.15) is 0 Å². The Hall–Kier alpha value is 0.558. The molecule has 1 heteroatoms. The van der Waals surface area contributed by atoms with Crippen molar-refractivity contribution >= 4 is 16.9 Å². The molecule has 0 heterocycles. The molecule has 0 aliphatic rings. The second-order valence-electron chi connectivity index (χ2n) is 7.15. The Kier molecular flexibility index (Phi) is 22.1. The summed E-state index contributed by atoms with van der Waals surface area (Å²) in [5, 5.41) is 1.44. The maximum absolute atomic E-state index is 2.30. The first-order valence-corrected chi connectivity index (χ1v) is 12.3. The first-order chi connectivity index (χ1) is 10.9. The van der Waals surface area contributed by atoms with Crippen molar-refractivity contribution in [1.29, 1.82) is 0 Å². The predicted octanol–water partition coefficient (Wildman–Crippen LogP) is 7.47. The number of hydrogen-bond donors (Lipinski definition) is 0. The second-order valence-corrected chi connectivity index (χ2v) is 8.36. The van der Waals surface area contributed by atoms with Crippen LogP contribution in [0.1, 0.15) is 129 Å². The van der Waals surface area contributed by atoms with E-state index in [-0.39, 0.29) is 0 Å². The molecule has 0 aromatic carbocycles. The van der Waals surface area contributed by atoms with Gasteiger partial charge in [-0.05, 0) is 0 Å². The Balaban J connectivity index is 2.91. The summed E-state index contributed by atoms with van der Waals surface area (Å²) in [5.41, 5.74) is 0. The van der Waals surface area contributed by atoms with E-state index in [1.54, 1.807) is 0 Å². The van der Waals surface area contributed by atoms with Crippen LogP contribution in [0.5, 0.6) is 0 Å². The summed E-state index contributed by atoms with van der Waals surface area (Å²) in [6, 6.07) is 0. The molecule has 0 aromatic heterocycles. The molecule has 0 saturated heterocycles. The summed E-state index contributed by atoms with van der Waals surface area (Å²) >= 11 is 1.90. The Morgan fingerprint density at radius 2 is 0.591 bits per heavy atom. The van der Waals surface area contributed by atoms with Crippen LogP contribution in [0.25, 0.3) is 0 Å². The van der Waals surface area contributed by atoms with E-state index in [9.17, 15) is 0 Å². The van der Waals surface area contributed by atoms with Gasteiger partial charge in [0.25, 0.3) is 0 Å². The monoisotopic (exact) mass is 372 g/mol. The average molecular weight is 373 g/mol. The summed E-state index contributed by atoms with van der Waals surface area (Å²) in [6.45, 7) is 2.30. The van der Waals surface area contributed by atoms with Crippen molar-refractivity contribution in [3.63, 3.8) is 0 Å². The maximum atomic E-state index is 2.30. The molecule has 22 heavy (non-hydrogen) atoms. The summed E-state index contributed by atoms with van der Waals surface area (Å²) in [7, 11) is 0. The van der Waals surface area contributed by atoms with E-state index in [0.717, 1.165) is 0 Å². The van der Waals surface area contributed by atoms with Gasteiger partial charge >= 0.3 is 92.7 Å². The normalized spacial score (nSPS) is 11.2. The molecule has 0 aliphatic heterocycles. The van der Waals surface area contributed by atoms with Gasteiger partial charge in [0.1, 0.15) is 0 Å². The first kappa shape index (κ1) is 22.6. The molecule has 0 radical (unpaired) electrons. The molecule has 0 amide bonds. The fraction of sp³-hybridized carbons (Fsp3) is 1.00. The third-order valence-corrected chi connectivity index (χ3v) is 5.66. The van der Waals surface area contributed by atoms with Crippen molar-refractivity contribution < 1.29 is 0 Å². The van der Waals surface area contributed by atoms with Gasteiger partial charge in [0.05, 0.1) is 0 Å². The number of rotatable bonds is 19. The van der Waals surface area contributed by atoms with Crippen LogP contribution in [0.4, 0.5) is 0 Å². The molecular formula is C21H45As. The van der Waals surface area contributed by atoms with E-state index in [1.165, 1.54) is 127 Å². The Morgan fingerprint density at radius 3 is 0.818 bits per heavy atom. The van der Waals surface area contributed by atoms with Crippen LogP contribution in [-0.4, -0.2) is 16.9 Å². The molecule has 0 N–H and O–H groups in total. The zero-order chi connectivity index (χ0) is 16.1. The Bertz CT molecular complexity index is 159. The van der Waals surface area contributed by atoms with Gasteiger partial charge in [-0.3, -0.25) is 0 Å². The van der Waals surface area contributed by atoms with Crippen molar-refractivity contribution in [2.75, 3.05) is 0 Å². The van der Waals surface area contributed by atoms with Crippen LogP contribution < -0.4 is 0 Å². The van der Waals surface area contributed by atoms with Gasteiger partial charge in [-0.15, -0.1) is 0 Å². The van der Waals surface area contributed by atoms with E-state index >= 15 is 0 Å². The molecular weight excluding hydrogens is 327 g/mol. The topological polar surface area (TPSA) is 0 Å². The molecule has 0 saturated carbocycles. The van der Waals surface area contributed by atoms with E-state index in [2.05, 4.69) is 6.92 Å². The fourth-order valence-corrected chi connectivity index (χ4v) is 3.83. The van der Waals surface area contributed by atoms with Crippen LogP contribution >= 0.6 is 0 Å². The van der Waals surface area contributed by atoms with Crippen molar-refractivity contribution in [3.05, 3.63) is 0 Å². The van der Waals surface area contributed by atoms with E-state index in [4.69, 9.17) is 0 Å². The van der Waals surface area contributed by atoms with Crippen molar-refractivity contribution in [2.24, 2.45) is 0 Å². The van der Waals surface area contributed by atoms with E-state index < -0.39 is 0 Å². The first-order valence-electron chi connectivity index (χ1n) is 10.6. The van der Waals surface area contributed by atoms with Crippen molar-refractivity contribution in [3.8, 4) is 0 Å². The second kappa shape index (κ2) is 21.6. The van der Waals surface area contributed by atoms with E-state index in [1.807, 2.05) is 16.9 Å². The zero-order valence-electron chi connectivity index (χ0n) is 15.7. The predicted molar refractivity (Wildman–Crippen MR) is 107 cm³/mol. The standard InChI is InChI=1S/C21H45As/c1-2-3-4-5-6-7-8-9-10-11-12-13-14-15-16-17-18-19-20-21-22/h2-22H2,1H3. The minimum atomic E-state index is 1.37. The molecule has 0 aromatic rings. The van der Waals surface area contributed by atoms with Crippen LogP contribution in [0, 0.1) is 0 Å². The molecule has 0 fully saturated rings. The van der Waals surface area contributed by atoms with Crippen LogP contribution in [0.15, 0.2) is 0 Å². The number of unbranched alkanes of at least 4 members (excludes halogenated alkanes) is 18. The Labute approximate surface area is 151 Å². The van der Waals surface area contributed by atoms with Crippen LogP contribution in [0.2, 0.25) is 5.21 Å². The summed E-state index contributed by atoms with van der Waals surface area (Å²) in [6.07, 6.45) is 28.1. The minimum absolute atomic E-state index is 1.37. The van der Waals surface area contributed by atoms with Gasteiger partial charge in [-0.1, -0.05) is 58.3 Å². The molecule has 0 nitrogen and oxygen atoms in total. The average Bonchev–Trinajstić information content (AvgIpc) is 2.54. The molecule has 134 valence electrons. The zero-order valence-corrected chi connectivity index (χ0v) is 18.1. The molecule has 0 aliphatic carbocycles. The Morgan fingerprint density at radius 1 is 0.364 bits per heavy atom. The molecule has 0 spiro atoms. The third kappa shape index (κ3) is 20.6. The van der Waals surface area contributed by atoms with Crippen LogP contribution in [-0.2, 0) is 0 Å². The summed E-state index contributed by atoms with van der Waals surface area (Å²) < 4.78 is 0. The quantitative estimate of drug-likeness (QED) is 0.163. The molecule has 1 atom stereocenters. The van der Waals surface area contributed by atoms with Gasteiger partial charge < -0.3 is 0 Å². The molecule has 0 bridgehead atoms. The molecule has 0 rings (SSSR count). The summed E-state index contributed by atoms with van der Waals surface area (Å²) in [5.74, 6) is 0. The van der Waals surface area contributed by atoms with Crippen molar-refractivity contribution in [1.82, 2.24) is 0 Å². The van der Waals surface area contributed by atoms with Gasteiger partial charge in [0.15, 0.2) is 0 Å². The van der Waals surface area contributed by atoms with E-state index in [0.29, 0.717) is 0 Å². The van der Waals surface area contributed by atoms with Crippen LogP contribution in [0.3, 0.4) is 0 Å². The number of hydrogen-bond acceptors (Lipinski definition) is 0. The van der Waals surface area contributed by atoms with Gasteiger partial charge in [-0.25, -0.2) is 0 Å². The van der Waals surface area contributed by atoms with Gasteiger partial charge in [0.2, 0.25) is 0 Å². The fourth-order valence-electron chi connectivity index (χ4n) is 3.22. The SMILES string of the molecule is CCCCCCCCCCCCCCCCCCCCC[AsH2]. The molecule has 1 unspecified atom stereocenters.